The van der Waals surface area contributed by atoms with Gasteiger partial charge in [0.05, 0.1) is 15.7 Å². The fourth-order valence-electron chi connectivity index (χ4n) is 3.05. The number of thioether (sulfide) groups is 2. The Labute approximate surface area is 111 Å². The van der Waals surface area contributed by atoms with Crippen LogP contribution in [0.15, 0.2) is 18.2 Å². The van der Waals surface area contributed by atoms with Gasteiger partial charge in [-0.1, -0.05) is 19.9 Å². The Morgan fingerprint density at radius 1 is 1.24 bits per heavy atom. The highest BCUT2D eigenvalue weighted by Crippen LogP contribution is 2.66. The van der Waals surface area contributed by atoms with Crippen LogP contribution >= 0.6 is 23.5 Å². The molecule has 17 heavy (non-hydrogen) atoms. The zero-order valence-electron chi connectivity index (χ0n) is 10.1. The van der Waals surface area contributed by atoms with Crippen LogP contribution in [-0.2, 0) is 10.5 Å². The molecule has 1 nitrogen and oxygen atoms in total. The molecule has 1 heterocycles. The van der Waals surface area contributed by atoms with Crippen LogP contribution in [0.4, 0.5) is 0 Å². The third kappa shape index (κ3) is 1.47. The Balaban J connectivity index is 2.17. The number of rotatable bonds is 0. The van der Waals surface area contributed by atoms with E-state index in [1.165, 1.54) is 22.6 Å². The number of nitriles is 1. The molecule has 0 saturated carbocycles. The number of nitrogens with zero attached hydrogens (tertiary/aromatic N) is 1. The quantitative estimate of drug-likeness (QED) is 0.710. The zero-order chi connectivity index (χ0) is 12.1. The minimum absolute atomic E-state index is 0.232. The summed E-state index contributed by atoms with van der Waals surface area (Å²) in [6, 6.07) is 8.50. The van der Waals surface area contributed by atoms with Crippen molar-refractivity contribution in [3.05, 3.63) is 34.9 Å². The largest absolute Gasteiger partial charge is 0.192 e. The van der Waals surface area contributed by atoms with Crippen molar-refractivity contribution in [2.45, 2.75) is 24.3 Å². The lowest BCUT2D eigenvalue weighted by molar-refractivity contribution is 0.361. The molecule has 1 spiro atoms. The van der Waals surface area contributed by atoms with Crippen LogP contribution in [0.25, 0.3) is 0 Å². The lowest BCUT2D eigenvalue weighted by Crippen LogP contribution is -2.30. The molecule has 1 fully saturated rings. The van der Waals surface area contributed by atoms with Gasteiger partial charge in [-0.15, -0.1) is 23.5 Å². The van der Waals surface area contributed by atoms with Crippen LogP contribution < -0.4 is 0 Å². The first-order chi connectivity index (χ1) is 8.09. The number of benzene rings is 1. The van der Waals surface area contributed by atoms with Gasteiger partial charge < -0.3 is 0 Å². The van der Waals surface area contributed by atoms with Gasteiger partial charge in [0.15, 0.2) is 0 Å². The smallest absolute Gasteiger partial charge is 0.0991 e. The van der Waals surface area contributed by atoms with Gasteiger partial charge >= 0.3 is 0 Å². The SMILES string of the molecule is CC1(C)Cc2cc(C#N)ccc2C12SCCS2. The molecule has 0 atom stereocenters. The fourth-order valence-corrected chi connectivity index (χ4v) is 6.76. The maximum atomic E-state index is 9.00. The van der Waals surface area contributed by atoms with Crippen LogP contribution in [0.2, 0.25) is 0 Å². The lowest BCUT2D eigenvalue weighted by atomic mass is 9.89. The highest BCUT2D eigenvalue weighted by Gasteiger charge is 2.54. The predicted molar refractivity (Wildman–Crippen MR) is 75.2 cm³/mol. The minimum atomic E-state index is 0.232. The van der Waals surface area contributed by atoms with Gasteiger partial charge in [-0.3, -0.25) is 0 Å². The Kier molecular flexibility index (Phi) is 2.50. The Morgan fingerprint density at radius 3 is 2.59 bits per heavy atom. The van der Waals surface area contributed by atoms with E-state index in [1.54, 1.807) is 0 Å². The monoisotopic (exact) mass is 261 g/mol. The molecule has 1 aliphatic heterocycles. The molecule has 1 aromatic carbocycles. The maximum absolute atomic E-state index is 9.00. The van der Waals surface area contributed by atoms with Gasteiger partial charge in [0.2, 0.25) is 0 Å². The second-order valence-corrected chi connectivity index (χ2v) is 8.23. The second-order valence-electron chi connectivity index (χ2n) is 5.36. The summed E-state index contributed by atoms with van der Waals surface area (Å²) in [5, 5.41) is 9.00. The van der Waals surface area contributed by atoms with E-state index in [2.05, 4.69) is 55.6 Å². The molecule has 88 valence electrons. The van der Waals surface area contributed by atoms with Crippen LogP contribution in [0, 0.1) is 16.7 Å². The molecule has 0 N–H and O–H groups in total. The first kappa shape index (κ1) is 11.5. The summed E-state index contributed by atoms with van der Waals surface area (Å²) in [7, 11) is 0. The molecule has 0 radical (unpaired) electrons. The molecule has 0 bridgehead atoms. The van der Waals surface area contributed by atoms with Gasteiger partial charge in [-0.2, -0.15) is 5.26 Å². The van der Waals surface area contributed by atoms with Crippen molar-refractivity contribution in [2.75, 3.05) is 11.5 Å². The highest BCUT2D eigenvalue weighted by molar-refractivity contribution is 8.20. The summed E-state index contributed by atoms with van der Waals surface area (Å²) in [5.74, 6) is 2.49. The molecule has 3 heteroatoms. The van der Waals surface area contributed by atoms with E-state index in [9.17, 15) is 0 Å². The fraction of sp³-hybridized carbons (Fsp3) is 0.500. The summed E-state index contributed by atoms with van der Waals surface area (Å²) in [4.78, 5) is 0. The van der Waals surface area contributed by atoms with E-state index < -0.39 is 0 Å². The van der Waals surface area contributed by atoms with Gasteiger partial charge in [-0.25, -0.2) is 0 Å². The molecule has 0 amide bonds. The summed E-state index contributed by atoms with van der Waals surface area (Å²) in [5.41, 5.74) is 3.93. The molecule has 0 unspecified atom stereocenters. The van der Waals surface area contributed by atoms with Crippen LogP contribution in [0.3, 0.4) is 0 Å². The second kappa shape index (κ2) is 3.70. The standard InChI is InChI=1S/C14H15NS2/c1-13(2)8-11-7-10(9-15)3-4-12(11)14(13)16-5-6-17-14/h3-4,7H,5-6,8H2,1-2H3. The third-order valence-electron chi connectivity index (χ3n) is 3.81. The average Bonchev–Trinajstić information content (AvgIpc) is 2.85. The zero-order valence-corrected chi connectivity index (χ0v) is 11.8. The van der Waals surface area contributed by atoms with Crippen molar-refractivity contribution < 1.29 is 0 Å². The van der Waals surface area contributed by atoms with E-state index in [4.69, 9.17) is 5.26 Å². The van der Waals surface area contributed by atoms with E-state index in [0.717, 1.165) is 12.0 Å². The normalized spacial score (nSPS) is 23.6. The van der Waals surface area contributed by atoms with Crippen molar-refractivity contribution in [3.8, 4) is 6.07 Å². The van der Waals surface area contributed by atoms with E-state index in [0.29, 0.717) is 0 Å². The summed E-state index contributed by atoms with van der Waals surface area (Å²) < 4.78 is 0.232. The van der Waals surface area contributed by atoms with Gasteiger partial charge in [0.1, 0.15) is 0 Å². The number of hydrogen-bond acceptors (Lipinski definition) is 3. The van der Waals surface area contributed by atoms with Crippen LogP contribution in [0.5, 0.6) is 0 Å². The Hall–Kier alpha value is -0.590. The third-order valence-corrected chi connectivity index (χ3v) is 7.95. The molecule has 1 aromatic rings. The molecule has 1 saturated heterocycles. The first-order valence-electron chi connectivity index (χ1n) is 5.90. The number of fused-ring (bicyclic) bond motifs is 2. The number of hydrogen-bond donors (Lipinski definition) is 0. The topological polar surface area (TPSA) is 23.8 Å². The molecular formula is C14H15NS2. The van der Waals surface area contributed by atoms with Gasteiger partial charge in [0, 0.05) is 11.5 Å². The maximum Gasteiger partial charge on any atom is 0.0991 e. The van der Waals surface area contributed by atoms with Crippen molar-refractivity contribution >= 4 is 23.5 Å². The van der Waals surface area contributed by atoms with Crippen molar-refractivity contribution in [1.82, 2.24) is 0 Å². The highest BCUT2D eigenvalue weighted by atomic mass is 32.2. The van der Waals surface area contributed by atoms with E-state index in [-0.39, 0.29) is 9.49 Å². The average molecular weight is 261 g/mol. The Bertz CT molecular complexity index is 507. The van der Waals surface area contributed by atoms with Crippen LogP contribution in [0.1, 0.15) is 30.5 Å². The molecule has 1 aliphatic carbocycles. The summed E-state index contributed by atoms with van der Waals surface area (Å²) >= 11 is 4.19. The van der Waals surface area contributed by atoms with E-state index in [1.807, 2.05) is 6.07 Å². The molecule has 0 aromatic heterocycles. The summed E-state index contributed by atoms with van der Waals surface area (Å²) in [6.45, 7) is 4.73. The van der Waals surface area contributed by atoms with E-state index >= 15 is 0 Å². The van der Waals surface area contributed by atoms with Crippen molar-refractivity contribution in [1.29, 1.82) is 5.26 Å². The molecular weight excluding hydrogens is 246 g/mol. The molecule has 3 rings (SSSR count). The van der Waals surface area contributed by atoms with Gasteiger partial charge in [-0.05, 0) is 35.1 Å². The molecule has 2 aliphatic rings. The first-order valence-corrected chi connectivity index (χ1v) is 7.88. The predicted octanol–water partition coefficient (Wildman–Crippen LogP) is 3.77. The van der Waals surface area contributed by atoms with Gasteiger partial charge in [0.25, 0.3) is 0 Å². The Morgan fingerprint density at radius 2 is 1.94 bits per heavy atom. The summed E-state index contributed by atoms with van der Waals surface area (Å²) in [6.07, 6.45) is 1.10. The van der Waals surface area contributed by atoms with Crippen LogP contribution in [-0.4, -0.2) is 11.5 Å². The lowest BCUT2D eigenvalue weighted by Gasteiger charge is -2.37. The van der Waals surface area contributed by atoms with Crippen molar-refractivity contribution in [3.63, 3.8) is 0 Å². The minimum Gasteiger partial charge on any atom is -0.192 e. The van der Waals surface area contributed by atoms with Crippen molar-refractivity contribution in [2.24, 2.45) is 5.41 Å².